The van der Waals surface area contributed by atoms with Gasteiger partial charge in [0.05, 0.1) is 38.4 Å². The molecule has 2 aromatic heterocycles. The molecule has 2 aromatic rings. The summed E-state index contributed by atoms with van der Waals surface area (Å²) < 4.78 is 22.9. The van der Waals surface area contributed by atoms with Gasteiger partial charge < -0.3 is 29.6 Å². The number of nitrogens with two attached hydrogens (primary N) is 1. The molecule has 0 saturated heterocycles. The van der Waals surface area contributed by atoms with Crippen molar-refractivity contribution in [2.45, 2.75) is 12.6 Å². The Kier molecular flexibility index (Phi) is 5.50. The first-order valence-corrected chi connectivity index (χ1v) is 8.45. The van der Waals surface area contributed by atoms with Gasteiger partial charge in [0.1, 0.15) is 0 Å². The predicted octanol–water partition coefficient (Wildman–Crippen LogP) is -1.09. The molecule has 0 radical (unpaired) electrons. The van der Waals surface area contributed by atoms with Crippen molar-refractivity contribution in [3.63, 3.8) is 0 Å². The second kappa shape index (κ2) is 7.20. The molecule has 0 amide bonds. The molecule has 2 rings (SSSR count). The minimum Gasteiger partial charge on any atom is -0.382 e. The van der Waals surface area contributed by atoms with Crippen LogP contribution >= 0.6 is 7.60 Å². The van der Waals surface area contributed by atoms with Gasteiger partial charge in [-0.05, 0) is 0 Å². The van der Waals surface area contributed by atoms with Crippen LogP contribution in [0.3, 0.4) is 0 Å². The number of anilines is 1. The van der Waals surface area contributed by atoms with Crippen molar-refractivity contribution in [1.82, 2.24) is 19.5 Å². The molecule has 128 valence electrons. The second-order valence-corrected chi connectivity index (χ2v) is 6.63. The minimum atomic E-state index is -4.12. The summed E-state index contributed by atoms with van der Waals surface area (Å²) in [6, 6.07) is 0. The topological polar surface area (TPSA) is 166 Å². The highest BCUT2D eigenvalue weighted by molar-refractivity contribution is 7.51. The molecule has 0 spiro atoms. The number of hydrogen-bond donors (Lipinski definition) is 4. The zero-order valence-corrected chi connectivity index (χ0v) is 13.3. The van der Waals surface area contributed by atoms with E-state index in [1.807, 2.05) is 0 Å². The SMILES string of the molecule is COC[C@H](Cn1cnc2c(=O)[nH]c(N)nc21)OCCP(=O)(O)O. The highest BCUT2D eigenvalue weighted by Crippen LogP contribution is 2.33. The Hall–Kier alpha value is -1.78. The van der Waals surface area contributed by atoms with E-state index in [0.717, 1.165) is 0 Å². The maximum atomic E-state index is 11.7. The van der Waals surface area contributed by atoms with Crippen molar-refractivity contribution < 1.29 is 23.8 Å². The number of H-pyrrole nitrogens is 1. The molecule has 0 fully saturated rings. The van der Waals surface area contributed by atoms with Crippen LogP contribution in [0.5, 0.6) is 0 Å². The Balaban J connectivity index is 2.13. The van der Waals surface area contributed by atoms with Crippen LogP contribution in [0.1, 0.15) is 0 Å². The van der Waals surface area contributed by atoms with Gasteiger partial charge in [0.25, 0.3) is 5.56 Å². The van der Waals surface area contributed by atoms with Gasteiger partial charge >= 0.3 is 7.60 Å². The van der Waals surface area contributed by atoms with Crippen LogP contribution in [0.15, 0.2) is 11.1 Å². The van der Waals surface area contributed by atoms with E-state index in [0.29, 0.717) is 5.65 Å². The van der Waals surface area contributed by atoms with E-state index in [-0.39, 0.29) is 37.4 Å². The largest absolute Gasteiger partial charge is 0.382 e. The number of nitrogen functional groups attached to an aromatic ring is 1. The summed E-state index contributed by atoms with van der Waals surface area (Å²) in [5.74, 6) is -0.0324. The highest BCUT2D eigenvalue weighted by Gasteiger charge is 2.18. The third-order valence-electron chi connectivity index (χ3n) is 2.98. The van der Waals surface area contributed by atoms with Gasteiger partial charge in [0.15, 0.2) is 11.2 Å². The molecule has 0 aliphatic carbocycles. The lowest BCUT2D eigenvalue weighted by Crippen LogP contribution is -2.26. The molecule has 0 aromatic carbocycles. The van der Waals surface area contributed by atoms with Crippen molar-refractivity contribution in [3.8, 4) is 0 Å². The van der Waals surface area contributed by atoms with Gasteiger partial charge in [-0.1, -0.05) is 0 Å². The average Bonchev–Trinajstić information content (AvgIpc) is 2.81. The third kappa shape index (κ3) is 4.85. The summed E-state index contributed by atoms with van der Waals surface area (Å²) in [5, 5.41) is 0. The summed E-state index contributed by atoms with van der Waals surface area (Å²) in [7, 11) is -2.64. The molecule has 0 aliphatic rings. The molecule has 12 heteroatoms. The molecule has 2 heterocycles. The van der Waals surface area contributed by atoms with Crippen LogP contribution < -0.4 is 11.3 Å². The van der Waals surface area contributed by atoms with E-state index < -0.39 is 19.3 Å². The second-order valence-electron chi connectivity index (χ2n) is 4.86. The Morgan fingerprint density at radius 1 is 1.52 bits per heavy atom. The lowest BCUT2D eigenvalue weighted by atomic mass is 10.3. The number of nitrogens with one attached hydrogen (secondary N) is 1. The normalized spacial score (nSPS) is 13.5. The summed E-state index contributed by atoms with van der Waals surface area (Å²) in [6.45, 7) is 0.308. The van der Waals surface area contributed by atoms with E-state index >= 15 is 0 Å². The van der Waals surface area contributed by atoms with Crippen LogP contribution in [-0.2, 0) is 20.6 Å². The van der Waals surface area contributed by atoms with Crippen molar-refractivity contribution >= 4 is 24.7 Å². The molecule has 0 aliphatic heterocycles. The molecular weight excluding hydrogens is 329 g/mol. The van der Waals surface area contributed by atoms with Crippen LogP contribution in [0.4, 0.5) is 5.95 Å². The first-order chi connectivity index (χ1) is 10.8. The zero-order valence-electron chi connectivity index (χ0n) is 12.4. The standard InChI is InChI=1S/C11H18N5O6P/c1-21-5-7(22-2-3-23(18,19)20)4-16-6-13-8-9(16)14-11(12)15-10(8)17/h6-7H,2-5H2,1H3,(H2,18,19,20)(H3,12,14,15,17)/t7-/m0/s1. The van der Waals surface area contributed by atoms with Crippen molar-refractivity contribution in [3.05, 3.63) is 16.7 Å². The Morgan fingerprint density at radius 3 is 2.91 bits per heavy atom. The van der Waals surface area contributed by atoms with Crippen LogP contribution in [0.25, 0.3) is 11.2 Å². The highest BCUT2D eigenvalue weighted by atomic mass is 31.2. The maximum Gasteiger partial charge on any atom is 0.327 e. The molecule has 11 nitrogen and oxygen atoms in total. The lowest BCUT2D eigenvalue weighted by Gasteiger charge is -2.18. The molecule has 0 bridgehead atoms. The van der Waals surface area contributed by atoms with Gasteiger partial charge in [-0.25, -0.2) is 4.98 Å². The molecule has 1 atom stereocenters. The summed E-state index contributed by atoms with van der Waals surface area (Å²) in [6.07, 6.45) is 0.538. The predicted molar refractivity (Wildman–Crippen MR) is 81.1 cm³/mol. The summed E-state index contributed by atoms with van der Waals surface area (Å²) >= 11 is 0. The van der Waals surface area contributed by atoms with Gasteiger partial charge in [-0.2, -0.15) is 4.98 Å². The maximum absolute atomic E-state index is 11.7. The van der Waals surface area contributed by atoms with Crippen LogP contribution in [0, 0.1) is 0 Å². The quantitative estimate of drug-likeness (QED) is 0.434. The van der Waals surface area contributed by atoms with Gasteiger partial charge in [0, 0.05) is 7.11 Å². The number of methoxy groups -OCH3 is 1. The number of aromatic amines is 1. The van der Waals surface area contributed by atoms with E-state index in [4.69, 9.17) is 25.0 Å². The molecule has 5 N–H and O–H groups in total. The molecule has 23 heavy (non-hydrogen) atoms. The van der Waals surface area contributed by atoms with Gasteiger partial charge in [-0.15, -0.1) is 0 Å². The van der Waals surface area contributed by atoms with E-state index in [1.165, 1.54) is 13.4 Å². The number of hydrogen-bond acceptors (Lipinski definition) is 7. The molecule has 0 saturated carbocycles. The van der Waals surface area contributed by atoms with E-state index in [9.17, 15) is 9.36 Å². The smallest absolute Gasteiger partial charge is 0.327 e. The fourth-order valence-electron chi connectivity index (χ4n) is 2.00. The number of aromatic nitrogens is 4. The van der Waals surface area contributed by atoms with E-state index in [1.54, 1.807) is 4.57 Å². The van der Waals surface area contributed by atoms with Crippen LogP contribution in [-0.4, -0.2) is 61.9 Å². The monoisotopic (exact) mass is 347 g/mol. The Labute approximate surface area is 130 Å². The van der Waals surface area contributed by atoms with Crippen LogP contribution in [0.2, 0.25) is 0 Å². The zero-order chi connectivity index (χ0) is 17.0. The molecular formula is C11H18N5O6P. The number of rotatable bonds is 8. The number of ether oxygens (including phenoxy) is 2. The van der Waals surface area contributed by atoms with Crippen molar-refractivity contribution in [2.24, 2.45) is 0 Å². The Bertz CT molecular complexity index is 768. The number of fused-ring (bicyclic) bond motifs is 1. The first kappa shape index (κ1) is 17.6. The van der Waals surface area contributed by atoms with Gasteiger partial charge in [0.2, 0.25) is 5.95 Å². The van der Waals surface area contributed by atoms with Crippen molar-refractivity contribution in [1.29, 1.82) is 0 Å². The lowest BCUT2D eigenvalue weighted by molar-refractivity contribution is -0.00473. The Morgan fingerprint density at radius 2 is 2.26 bits per heavy atom. The summed E-state index contributed by atoms with van der Waals surface area (Å²) in [5.41, 5.74) is 5.51. The van der Waals surface area contributed by atoms with E-state index in [2.05, 4.69) is 15.0 Å². The number of imidazole rings is 1. The fourth-order valence-corrected chi connectivity index (χ4v) is 2.34. The van der Waals surface area contributed by atoms with Crippen molar-refractivity contribution in [2.75, 3.05) is 32.2 Å². The average molecular weight is 347 g/mol. The summed E-state index contributed by atoms with van der Waals surface area (Å²) in [4.78, 5) is 39.7. The fraction of sp³-hybridized carbons (Fsp3) is 0.545. The number of nitrogens with zero attached hydrogens (tertiary/aromatic N) is 3. The molecule has 0 unspecified atom stereocenters. The minimum absolute atomic E-state index is 0.0324. The van der Waals surface area contributed by atoms with Gasteiger partial charge in [-0.3, -0.25) is 14.3 Å². The third-order valence-corrected chi connectivity index (χ3v) is 3.75. The first-order valence-electron chi connectivity index (χ1n) is 6.66.